The monoisotopic (exact) mass is 1310 g/mol. The highest BCUT2D eigenvalue weighted by Crippen LogP contribution is 2.38. The maximum atomic E-state index is 14.7. The van der Waals surface area contributed by atoms with Crippen LogP contribution in [0.1, 0.15) is 67.4 Å². The Bertz CT molecular complexity index is 3260. The van der Waals surface area contributed by atoms with Gasteiger partial charge in [-0.3, -0.25) is 33.6 Å². The number of aromatic hydroxyl groups is 1. The number of carbonyl (C=O) groups is 7. The number of piperidine rings is 1. The third-order valence-corrected chi connectivity index (χ3v) is 18.7. The molecule has 5 saturated heterocycles. The first-order valence-electron chi connectivity index (χ1n) is 32.1. The number of fused-ring (bicyclic) bond motifs is 2. The summed E-state index contributed by atoms with van der Waals surface area (Å²) in [5.74, 6) is -8.50. The number of phenols is 1. The first-order valence-corrected chi connectivity index (χ1v) is 32.1. The summed E-state index contributed by atoms with van der Waals surface area (Å²) in [6.45, 7) is 5.63. The number of ether oxygens (including phenoxy) is 2. The Hall–Kier alpha value is -8.19. The van der Waals surface area contributed by atoms with Gasteiger partial charge in [0.15, 0.2) is 11.5 Å². The fraction of sp³-hybridized carbons (Fsp3) is 0.530. The minimum absolute atomic E-state index is 0.00178. The molecule has 13 atom stereocenters. The molecule has 0 unspecified atom stereocenters. The molecule has 0 radical (unpaired) electrons. The quantitative estimate of drug-likeness (QED) is 0.0519. The molecule has 0 aromatic heterocycles. The average Bonchev–Trinajstić information content (AvgIpc) is 1.64. The first kappa shape index (κ1) is 70.1. The Balaban J connectivity index is 0.922. The lowest BCUT2D eigenvalue weighted by atomic mass is 9.84. The number of methoxy groups -OCH3 is 1. The number of rotatable bonds is 17. The van der Waals surface area contributed by atoms with Crippen molar-refractivity contribution < 1.29 is 78.8 Å². The van der Waals surface area contributed by atoms with Gasteiger partial charge >= 0.3 is 0 Å². The molecule has 28 nitrogen and oxygen atoms in total. The highest BCUT2D eigenvalue weighted by Gasteiger charge is 2.50. The van der Waals surface area contributed by atoms with Crippen LogP contribution in [-0.2, 0) is 45.5 Å². The van der Waals surface area contributed by atoms with E-state index in [2.05, 4.69) is 77.7 Å². The number of hydrogen-bond donors (Lipinski definition) is 14. The maximum absolute atomic E-state index is 14.7. The Morgan fingerprint density at radius 1 is 0.670 bits per heavy atom. The molecular formula is C66H90N12O16. The van der Waals surface area contributed by atoms with Gasteiger partial charge in [-0.05, 0) is 105 Å². The third-order valence-electron chi connectivity index (χ3n) is 18.7. The number of carbonyl (C=O) groups excluding carboxylic acids is 7. The molecule has 4 aromatic carbocycles. The summed E-state index contributed by atoms with van der Waals surface area (Å²) in [5, 5.41) is 91.6. The number of anilines is 3. The minimum atomic E-state index is -2.04. The molecular weight excluding hydrogens is 1220 g/mol. The molecule has 0 spiro atoms. The Labute approximate surface area is 545 Å². The second kappa shape index (κ2) is 31.4. The molecule has 5 aliphatic heterocycles. The number of β-amino-alcohol motifs (C(OH)–C–C–N with tert-alkyl or cyclic N) is 1. The van der Waals surface area contributed by atoms with Gasteiger partial charge in [0.05, 0.1) is 42.2 Å². The van der Waals surface area contributed by atoms with Crippen molar-refractivity contribution in [2.24, 2.45) is 17.4 Å². The van der Waals surface area contributed by atoms with Crippen LogP contribution in [0.5, 0.6) is 11.5 Å². The number of amides is 7. The smallest absolute Gasteiger partial charge is 0.251 e. The highest BCUT2D eigenvalue weighted by atomic mass is 16.5. The second-order valence-electron chi connectivity index (χ2n) is 25.1. The predicted molar refractivity (Wildman–Crippen MR) is 345 cm³/mol. The van der Waals surface area contributed by atoms with Gasteiger partial charge in [-0.1, -0.05) is 43.3 Å². The second-order valence-corrected chi connectivity index (χ2v) is 25.1. The van der Waals surface area contributed by atoms with Gasteiger partial charge in [-0.15, -0.1) is 0 Å². The lowest BCUT2D eigenvalue weighted by Crippen LogP contribution is -2.64. The molecule has 5 heterocycles. The van der Waals surface area contributed by atoms with Crippen molar-refractivity contribution in [2.75, 3.05) is 100 Å². The van der Waals surface area contributed by atoms with Gasteiger partial charge in [-0.25, -0.2) is 0 Å². The van der Waals surface area contributed by atoms with Crippen LogP contribution in [0.2, 0.25) is 0 Å². The number of hydrogen-bond acceptors (Lipinski definition) is 21. The van der Waals surface area contributed by atoms with Crippen molar-refractivity contribution in [3.63, 3.8) is 0 Å². The Kier molecular flexibility index (Phi) is 23.4. The zero-order valence-corrected chi connectivity index (χ0v) is 53.2. The first-order chi connectivity index (χ1) is 45.0. The molecule has 28 heteroatoms. The van der Waals surface area contributed by atoms with Crippen LogP contribution in [0.4, 0.5) is 17.1 Å². The van der Waals surface area contributed by atoms with E-state index >= 15 is 0 Å². The molecule has 7 amide bonds. The zero-order valence-electron chi connectivity index (χ0n) is 53.2. The average molecular weight is 1310 g/mol. The van der Waals surface area contributed by atoms with Gasteiger partial charge < -0.3 is 108 Å². The van der Waals surface area contributed by atoms with Crippen LogP contribution >= 0.6 is 0 Å². The van der Waals surface area contributed by atoms with Crippen LogP contribution in [-0.4, -0.2) is 245 Å². The van der Waals surface area contributed by atoms with E-state index < -0.39 is 152 Å². The highest BCUT2D eigenvalue weighted by molar-refractivity contribution is 6.00. The molecule has 5 aliphatic rings. The van der Waals surface area contributed by atoms with Crippen LogP contribution in [0, 0.1) is 5.92 Å². The number of aliphatic hydroxyl groups excluding tert-OH is 6. The van der Waals surface area contributed by atoms with Gasteiger partial charge in [-0.2, -0.15) is 0 Å². The SMILES string of the molecule is COC1(c2ccccc2)CCN(c2ccc(N3CCN(c4ccc(C(=O)N[C@H]5C[C@@H](O)CNC(=O)[C@@H]6[C@@H](O)[C@@H](C)CN6C(=O)[C@H]([C@H](O)CCN)NC(=O)[C@H]([C@H](O)Cc6ccc(O)c(OCCN)c6)NC(=O)[C@@H]6C[C@@H](O)CN6C(=O)[C@H]([C@@H](C)O)NC5=O)cc4)CC3)cc2)CC1. The van der Waals surface area contributed by atoms with Crippen molar-refractivity contribution in [1.82, 2.24) is 36.4 Å². The van der Waals surface area contributed by atoms with Crippen molar-refractivity contribution in [3.8, 4) is 11.5 Å². The molecule has 9 rings (SSSR count). The van der Waals surface area contributed by atoms with Gasteiger partial charge in [0.25, 0.3) is 5.91 Å². The maximum Gasteiger partial charge on any atom is 0.251 e. The van der Waals surface area contributed by atoms with Crippen LogP contribution in [0.15, 0.2) is 97.1 Å². The summed E-state index contributed by atoms with van der Waals surface area (Å²) < 4.78 is 11.6. The van der Waals surface area contributed by atoms with E-state index in [4.69, 9.17) is 20.9 Å². The number of aliphatic hydroxyl groups is 6. The third kappa shape index (κ3) is 16.3. The van der Waals surface area contributed by atoms with Gasteiger partial charge in [0, 0.05) is 120 Å². The normalized spacial score (nSPS) is 27.0. The molecule has 0 bridgehead atoms. The summed E-state index contributed by atoms with van der Waals surface area (Å²) in [7, 11) is 1.79. The summed E-state index contributed by atoms with van der Waals surface area (Å²) in [6.07, 6.45) is -10.0. The molecule has 0 saturated carbocycles. The minimum Gasteiger partial charge on any atom is -0.504 e. The largest absolute Gasteiger partial charge is 0.504 e. The van der Waals surface area contributed by atoms with E-state index in [-0.39, 0.29) is 60.9 Å². The lowest BCUT2D eigenvalue weighted by molar-refractivity contribution is -0.147. The fourth-order valence-corrected chi connectivity index (χ4v) is 13.2. The molecule has 5 fully saturated rings. The number of nitrogens with one attached hydrogen (secondary N) is 5. The number of nitrogens with two attached hydrogens (primary N) is 2. The van der Waals surface area contributed by atoms with E-state index in [1.54, 1.807) is 38.3 Å². The number of piperazine rings is 1. The van der Waals surface area contributed by atoms with E-state index in [0.29, 0.717) is 13.1 Å². The Morgan fingerprint density at radius 2 is 1.26 bits per heavy atom. The van der Waals surface area contributed by atoms with Gasteiger partial charge in [0.1, 0.15) is 42.9 Å². The topological polar surface area (TPSA) is 408 Å². The van der Waals surface area contributed by atoms with Crippen molar-refractivity contribution in [1.29, 1.82) is 0 Å². The predicted octanol–water partition coefficient (Wildman–Crippen LogP) is -2.50. The summed E-state index contributed by atoms with van der Waals surface area (Å²) in [6, 6.07) is 18.8. The summed E-state index contributed by atoms with van der Waals surface area (Å²) >= 11 is 0. The molecule has 0 aliphatic carbocycles. The Morgan fingerprint density at radius 3 is 1.85 bits per heavy atom. The summed E-state index contributed by atoms with van der Waals surface area (Å²) in [5.41, 5.74) is 15.7. The molecule has 510 valence electrons. The number of benzene rings is 4. The fourth-order valence-electron chi connectivity index (χ4n) is 13.2. The van der Waals surface area contributed by atoms with Crippen LogP contribution < -0.4 is 57.5 Å². The summed E-state index contributed by atoms with van der Waals surface area (Å²) in [4.78, 5) is 110. The van der Waals surface area contributed by atoms with Crippen molar-refractivity contribution in [3.05, 3.63) is 114 Å². The van der Waals surface area contributed by atoms with E-state index in [9.17, 15) is 69.3 Å². The number of phenolic OH excluding ortho intramolecular Hbond substituents is 1. The standard InChI is InChI=1S/C66H90N12O16/c1-38-36-78-57(58(38)85)63(90)69-35-46(80)33-48(70-59(86)41-10-12-43(13-11-41)75-26-28-76(29-27-75)45-16-14-44(15-17-45)74-24-20-66(93-3,21-25-74)42-7-5-4-6-8-42)60(87)71-54(39(2)79)64(91)77-37-47(81)34-49(77)61(88)72-55(62(89)73-56(65(78)92)51(83)19-22-67)52(84)31-40-9-18-50(82)53(32-40)94-30-23-68/h4-18,32,38-39,46-49,51-52,54-58,79-85H,19-31,33-37,67-68H2,1-3H3,(H,69,90)(H,70,86)(H,71,87)(H,72,88)(H,73,89)/t38-,39+,46+,47+,48-,49-,51+,52+,54-,55-,56-,57-,58-/m0/s1. The van der Waals surface area contributed by atoms with E-state index in [1.165, 1.54) is 30.7 Å². The molecule has 16 N–H and O–H groups in total. The molecule has 4 aromatic rings. The van der Waals surface area contributed by atoms with E-state index in [1.807, 2.05) is 18.2 Å². The van der Waals surface area contributed by atoms with Crippen molar-refractivity contribution in [2.45, 2.75) is 131 Å². The zero-order chi connectivity index (χ0) is 67.5. The van der Waals surface area contributed by atoms with Crippen molar-refractivity contribution >= 4 is 58.4 Å². The van der Waals surface area contributed by atoms with Gasteiger partial charge in [0.2, 0.25) is 35.4 Å². The van der Waals surface area contributed by atoms with Crippen LogP contribution in [0.3, 0.4) is 0 Å². The van der Waals surface area contributed by atoms with E-state index in [0.717, 1.165) is 65.9 Å². The number of nitrogens with zero attached hydrogens (tertiary/aromatic N) is 5. The molecule has 94 heavy (non-hydrogen) atoms. The lowest BCUT2D eigenvalue weighted by Gasteiger charge is -2.42. The van der Waals surface area contributed by atoms with Crippen LogP contribution in [0.25, 0.3) is 0 Å².